The molecule has 8 nitrogen and oxygen atoms in total. The fourth-order valence-electron chi connectivity index (χ4n) is 3.27. The summed E-state index contributed by atoms with van der Waals surface area (Å²) in [6.45, 7) is 6.54. The molecule has 0 bridgehead atoms. The van der Waals surface area contributed by atoms with Crippen molar-refractivity contribution in [2.45, 2.75) is 33.4 Å². The highest BCUT2D eigenvalue weighted by Crippen LogP contribution is 2.35. The summed E-state index contributed by atoms with van der Waals surface area (Å²) in [5, 5.41) is 2.83. The number of anilines is 1. The van der Waals surface area contributed by atoms with E-state index >= 15 is 0 Å². The highest BCUT2D eigenvalue weighted by Gasteiger charge is 2.35. The van der Waals surface area contributed by atoms with Crippen LogP contribution in [0.2, 0.25) is 0 Å². The largest absolute Gasteiger partial charge is 0.490 e. The molecular weight excluding hydrogens is 420 g/mol. The number of sulfonamides is 1. The topological polar surface area (TPSA) is 94.2 Å². The molecule has 0 radical (unpaired) electrons. The van der Waals surface area contributed by atoms with Gasteiger partial charge < -0.3 is 19.5 Å². The monoisotopic (exact) mass is 448 g/mol. The van der Waals surface area contributed by atoms with Crippen molar-refractivity contribution in [3.63, 3.8) is 0 Å². The van der Waals surface area contributed by atoms with Crippen LogP contribution in [0.25, 0.3) is 0 Å². The number of carbonyl (C=O) groups is 1. The highest BCUT2D eigenvalue weighted by molar-refractivity contribution is 7.92. The maximum absolute atomic E-state index is 12.8. The first-order valence-electron chi connectivity index (χ1n) is 10.3. The maximum Gasteiger partial charge on any atom is 0.263 e. The van der Waals surface area contributed by atoms with Crippen LogP contribution in [0.3, 0.4) is 0 Å². The van der Waals surface area contributed by atoms with Crippen molar-refractivity contribution in [3.8, 4) is 17.2 Å². The Kier molecular flexibility index (Phi) is 7.27. The Bertz CT molecular complexity index is 1020. The molecule has 0 fully saturated rings. The summed E-state index contributed by atoms with van der Waals surface area (Å²) in [5.74, 6) is 1.16. The zero-order chi connectivity index (χ0) is 22.4. The van der Waals surface area contributed by atoms with Crippen molar-refractivity contribution in [2.24, 2.45) is 0 Å². The number of para-hydroxylation sites is 2. The zero-order valence-corrected chi connectivity index (χ0v) is 18.8. The van der Waals surface area contributed by atoms with Crippen molar-refractivity contribution >= 4 is 21.6 Å². The van der Waals surface area contributed by atoms with Gasteiger partial charge in [0, 0.05) is 6.54 Å². The average molecular weight is 449 g/mol. The first-order chi connectivity index (χ1) is 14.9. The van der Waals surface area contributed by atoms with E-state index in [1.807, 2.05) is 26.0 Å². The molecule has 0 saturated carbocycles. The van der Waals surface area contributed by atoms with Crippen LogP contribution in [0, 0.1) is 0 Å². The minimum absolute atomic E-state index is 0.0674. The van der Waals surface area contributed by atoms with Gasteiger partial charge in [0.1, 0.15) is 5.75 Å². The van der Waals surface area contributed by atoms with Crippen LogP contribution in [0.5, 0.6) is 17.2 Å². The Labute approximate surface area is 183 Å². The van der Waals surface area contributed by atoms with Gasteiger partial charge in [-0.15, -0.1) is 0 Å². The summed E-state index contributed by atoms with van der Waals surface area (Å²) in [5.41, 5.74) is 1.27. The molecular formula is C22H28N2O6S. The molecule has 1 N–H and O–H groups in total. The van der Waals surface area contributed by atoms with E-state index in [0.29, 0.717) is 36.1 Å². The smallest absolute Gasteiger partial charge is 0.263 e. The van der Waals surface area contributed by atoms with Crippen molar-refractivity contribution < 1.29 is 27.4 Å². The molecule has 2 aromatic rings. The molecule has 2 aromatic carbocycles. The van der Waals surface area contributed by atoms with E-state index < -0.39 is 22.0 Å². The van der Waals surface area contributed by atoms with Crippen LogP contribution < -0.4 is 23.8 Å². The first kappa shape index (κ1) is 22.7. The van der Waals surface area contributed by atoms with Gasteiger partial charge in [0.2, 0.25) is 10.0 Å². The lowest BCUT2D eigenvalue weighted by atomic mass is 10.2. The maximum atomic E-state index is 12.8. The van der Waals surface area contributed by atoms with Crippen LogP contribution in [-0.4, -0.2) is 45.9 Å². The molecule has 3 rings (SSSR count). The van der Waals surface area contributed by atoms with Gasteiger partial charge in [-0.1, -0.05) is 18.2 Å². The highest BCUT2D eigenvalue weighted by atomic mass is 32.2. The summed E-state index contributed by atoms with van der Waals surface area (Å²) in [7, 11) is -3.55. The number of carbonyl (C=O) groups excluding carboxylic acids is 1. The number of benzene rings is 2. The number of rotatable bonds is 9. The lowest BCUT2D eigenvalue weighted by molar-refractivity contribution is -0.127. The van der Waals surface area contributed by atoms with Crippen LogP contribution in [0.1, 0.15) is 26.3 Å². The van der Waals surface area contributed by atoms with E-state index in [1.54, 1.807) is 37.3 Å². The Morgan fingerprint density at radius 1 is 1.10 bits per heavy atom. The summed E-state index contributed by atoms with van der Waals surface area (Å²) in [6, 6.07) is 12.3. The molecule has 0 aromatic heterocycles. The van der Waals surface area contributed by atoms with E-state index in [-0.39, 0.29) is 18.8 Å². The van der Waals surface area contributed by atoms with Gasteiger partial charge in [-0.05, 0) is 50.6 Å². The average Bonchev–Trinajstić information content (AvgIpc) is 2.78. The van der Waals surface area contributed by atoms with Crippen molar-refractivity contribution in [3.05, 3.63) is 48.0 Å². The number of hydrogen-bond acceptors (Lipinski definition) is 6. The summed E-state index contributed by atoms with van der Waals surface area (Å²) in [6.07, 6.45) is -0.953. The first-order valence-corrected chi connectivity index (χ1v) is 11.9. The van der Waals surface area contributed by atoms with E-state index in [9.17, 15) is 13.2 Å². The van der Waals surface area contributed by atoms with Crippen molar-refractivity contribution in [2.75, 3.05) is 29.8 Å². The standard InChI is InChI=1S/C22H28N2O6S/c1-4-28-19-12-11-16(13-20(19)29-5-2)14-23-22(25)21-15-24(31(26,27)6-3)17-9-7-8-10-18(17)30-21/h7-13,21H,4-6,14-15H2,1-3H3,(H,23,25)/t21-/m0/s1. The minimum Gasteiger partial charge on any atom is -0.490 e. The molecule has 1 atom stereocenters. The third-order valence-electron chi connectivity index (χ3n) is 4.80. The van der Waals surface area contributed by atoms with Crippen LogP contribution in [-0.2, 0) is 21.4 Å². The van der Waals surface area contributed by atoms with E-state index in [4.69, 9.17) is 14.2 Å². The number of ether oxygens (including phenoxy) is 3. The van der Waals surface area contributed by atoms with Crippen LogP contribution in [0.15, 0.2) is 42.5 Å². The molecule has 1 amide bonds. The second-order valence-corrected chi connectivity index (χ2v) is 9.05. The Hall–Kier alpha value is -2.94. The van der Waals surface area contributed by atoms with Gasteiger partial charge in [-0.3, -0.25) is 9.10 Å². The van der Waals surface area contributed by atoms with E-state index in [0.717, 1.165) is 5.56 Å². The van der Waals surface area contributed by atoms with E-state index in [1.165, 1.54) is 4.31 Å². The third-order valence-corrected chi connectivity index (χ3v) is 6.55. The quantitative estimate of drug-likeness (QED) is 0.634. The molecule has 0 aliphatic carbocycles. The van der Waals surface area contributed by atoms with E-state index in [2.05, 4.69) is 5.32 Å². The molecule has 31 heavy (non-hydrogen) atoms. The van der Waals surface area contributed by atoms with Crippen molar-refractivity contribution in [1.82, 2.24) is 5.32 Å². The molecule has 0 unspecified atom stereocenters. The van der Waals surface area contributed by atoms with Crippen LogP contribution in [0.4, 0.5) is 5.69 Å². The van der Waals surface area contributed by atoms with Crippen LogP contribution >= 0.6 is 0 Å². The molecule has 1 heterocycles. The number of nitrogens with one attached hydrogen (secondary N) is 1. The predicted molar refractivity (Wildman–Crippen MR) is 118 cm³/mol. The van der Waals surface area contributed by atoms with Crippen molar-refractivity contribution in [1.29, 1.82) is 0 Å². The number of amides is 1. The van der Waals surface area contributed by atoms with Gasteiger partial charge in [-0.25, -0.2) is 8.42 Å². The van der Waals surface area contributed by atoms with Gasteiger partial charge >= 0.3 is 0 Å². The molecule has 1 aliphatic heterocycles. The van der Waals surface area contributed by atoms with Gasteiger partial charge in [-0.2, -0.15) is 0 Å². The molecule has 9 heteroatoms. The molecule has 0 saturated heterocycles. The van der Waals surface area contributed by atoms with Gasteiger partial charge in [0.25, 0.3) is 5.91 Å². The predicted octanol–water partition coefficient (Wildman–Crippen LogP) is 2.72. The lowest BCUT2D eigenvalue weighted by Crippen LogP contribution is -2.50. The Balaban J connectivity index is 1.73. The fraction of sp³-hybridized carbons (Fsp3) is 0.409. The number of nitrogens with zero attached hydrogens (tertiary/aromatic N) is 1. The van der Waals surface area contributed by atoms with Gasteiger partial charge in [0.15, 0.2) is 17.6 Å². The molecule has 0 spiro atoms. The number of fused-ring (bicyclic) bond motifs is 1. The summed E-state index contributed by atoms with van der Waals surface area (Å²) in [4.78, 5) is 12.8. The number of hydrogen-bond donors (Lipinski definition) is 1. The minimum atomic E-state index is -3.55. The second kappa shape index (κ2) is 9.91. The second-order valence-electron chi connectivity index (χ2n) is 6.87. The fourth-order valence-corrected chi connectivity index (χ4v) is 4.39. The lowest BCUT2D eigenvalue weighted by Gasteiger charge is -2.34. The SMILES string of the molecule is CCOc1ccc(CNC(=O)[C@@H]2CN(S(=O)(=O)CC)c3ccccc3O2)cc1OCC. The zero-order valence-electron chi connectivity index (χ0n) is 18.0. The molecule has 168 valence electrons. The third kappa shape index (κ3) is 5.22. The summed E-state index contributed by atoms with van der Waals surface area (Å²) >= 11 is 0. The Morgan fingerprint density at radius 2 is 1.81 bits per heavy atom. The normalized spacial score (nSPS) is 15.6. The Morgan fingerprint density at radius 3 is 2.52 bits per heavy atom. The van der Waals surface area contributed by atoms with Gasteiger partial charge in [0.05, 0.1) is 31.2 Å². The molecule has 1 aliphatic rings. The summed E-state index contributed by atoms with van der Waals surface area (Å²) < 4.78 is 43.4.